The van der Waals surface area contributed by atoms with Crippen LogP contribution in [0.5, 0.6) is 0 Å². The largest absolute Gasteiger partial charge is 0.424 e. The maximum atomic E-state index is 6.09. The predicted octanol–water partition coefficient (Wildman–Crippen LogP) is 3.54. The zero-order valence-corrected chi connectivity index (χ0v) is 14.3. The molecule has 5 heteroatoms. The normalized spacial score (nSPS) is 25.9. The van der Waals surface area contributed by atoms with Gasteiger partial charge in [0.15, 0.2) is 0 Å². The number of rotatable bonds is 4. The molecular formula is C18H25N3O2. The molecule has 1 aliphatic rings. The molecule has 3 unspecified atom stereocenters. The lowest BCUT2D eigenvalue weighted by Crippen LogP contribution is -2.50. The molecule has 23 heavy (non-hydrogen) atoms. The van der Waals surface area contributed by atoms with Gasteiger partial charge in [-0.05, 0) is 19.4 Å². The minimum absolute atomic E-state index is 0.0693. The van der Waals surface area contributed by atoms with Gasteiger partial charge in [0, 0.05) is 18.0 Å². The van der Waals surface area contributed by atoms with Gasteiger partial charge in [-0.25, -0.2) is 0 Å². The lowest BCUT2D eigenvalue weighted by molar-refractivity contribution is -0.102. The van der Waals surface area contributed by atoms with Gasteiger partial charge in [-0.15, -0.1) is 10.2 Å². The van der Waals surface area contributed by atoms with E-state index in [2.05, 4.69) is 67.1 Å². The molecule has 3 atom stereocenters. The molecule has 1 aromatic carbocycles. The second-order valence-electron chi connectivity index (χ2n) is 6.62. The Kier molecular flexibility index (Phi) is 4.78. The summed E-state index contributed by atoms with van der Waals surface area (Å²) in [5.74, 6) is 1.64. The number of morpholine rings is 1. The summed E-state index contributed by atoms with van der Waals surface area (Å²) in [6.45, 7) is 9.86. The molecule has 3 rings (SSSR count). The molecule has 0 saturated carbocycles. The summed E-state index contributed by atoms with van der Waals surface area (Å²) in [5, 5.41) is 8.33. The molecule has 1 fully saturated rings. The highest BCUT2D eigenvalue weighted by molar-refractivity contribution is 5.19. The number of hydrogen-bond donors (Lipinski definition) is 0. The third-order valence-corrected chi connectivity index (χ3v) is 4.47. The zero-order chi connectivity index (χ0) is 16.4. The van der Waals surface area contributed by atoms with Crippen LogP contribution in [0.4, 0.5) is 0 Å². The summed E-state index contributed by atoms with van der Waals surface area (Å²) in [6, 6.07) is 11.0. The topological polar surface area (TPSA) is 51.4 Å². The van der Waals surface area contributed by atoms with Crippen molar-refractivity contribution in [2.75, 3.05) is 6.61 Å². The lowest BCUT2D eigenvalue weighted by Gasteiger charge is -2.43. The first-order chi connectivity index (χ1) is 11.1. The molecular weight excluding hydrogens is 290 g/mol. The fourth-order valence-corrected chi connectivity index (χ4v) is 3.09. The molecule has 1 aromatic heterocycles. The van der Waals surface area contributed by atoms with Crippen LogP contribution in [0.15, 0.2) is 34.7 Å². The number of ether oxygens (including phenoxy) is 1. The molecule has 1 saturated heterocycles. The minimum atomic E-state index is 0.0693. The smallest absolute Gasteiger partial charge is 0.230 e. The third kappa shape index (κ3) is 3.46. The Bertz CT molecular complexity index is 626. The van der Waals surface area contributed by atoms with Gasteiger partial charge < -0.3 is 9.15 Å². The van der Waals surface area contributed by atoms with Gasteiger partial charge in [-0.2, -0.15) is 0 Å². The molecule has 1 aliphatic heterocycles. The van der Waals surface area contributed by atoms with Gasteiger partial charge in [0.2, 0.25) is 11.8 Å². The second-order valence-corrected chi connectivity index (χ2v) is 6.62. The summed E-state index contributed by atoms with van der Waals surface area (Å²) in [4.78, 5) is 2.39. The van der Waals surface area contributed by atoms with Gasteiger partial charge in [-0.1, -0.05) is 44.2 Å². The Labute approximate surface area is 137 Å². The number of benzene rings is 1. The molecule has 0 radical (unpaired) electrons. The maximum absolute atomic E-state index is 6.09. The number of nitrogens with zero attached hydrogens (tertiary/aromatic N) is 3. The summed E-state index contributed by atoms with van der Waals surface area (Å²) in [5.41, 5.74) is 1.21. The third-order valence-electron chi connectivity index (χ3n) is 4.47. The summed E-state index contributed by atoms with van der Waals surface area (Å²) < 4.78 is 11.9. The number of aromatic nitrogens is 2. The number of hydrogen-bond acceptors (Lipinski definition) is 5. The molecule has 0 bridgehead atoms. The monoisotopic (exact) mass is 315 g/mol. The van der Waals surface area contributed by atoms with Crippen molar-refractivity contribution in [2.24, 2.45) is 0 Å². The predicted molar refractivity (Wildman–Crippen MR) is 88.0 cm³/mol. The van der Waals surface area contributed by atoms with Gasteiger partial charge in [0.05, 0.1) is 19.3 Å². The van der Waals surface area contributed by atoms with E-state index in [0.717, 1.165) is 0 Å². The molecule has 0 aliphatic carbocycles. The van der Waals surface area contributed by atoms with Gasteiger partial charge in [0.25, 0.3) is 0 Å². The van der Waals surface area contributed by atoms with Crippen molar-refractivity contribution in [3.8, 4) is 0 Å². The first-order valence-electron chi connectivity index (χ1n) is 8.31. The maximum Gasteiger partial charge on any atom is 0.230 e. The van der Waals surface area contributed by atoms with Crippen LogP contribution >= 0.6 is 0 Å². The van der Waals surface area contributed by atoms with E-state index < -0.39 is 0 Å². The Morgan fingerprint density at radius 3 is 2.57 bits per heavy atom. The molecule has 2 heterocycles. The summed E-state index contributed by atoms with van der Waals surface area (Å²) >= 11 is 0. The zero-order valence-electron chi connectivity index (χ0n) is 14.3. The van der Waals surface area contributed by atoms with E-state index >= 15 is 0 Å². The highest BCUT2D eigenvalue weighted by Crippen LogP contribution is 2.31. The van der Waals surface area contributed by atoms with Crippen molar-refractivity contribution >= 4 is 0 Å². The van der Waals surface area contributed by atoms with Crippen molar-refractivity contribution in [3.05, 3.63) is 47.7 Å². The van der Waals surface area contributed by atoms with E-state index in [1.54, 1.807) is 0 Å². The SMILES string of the molecule is CC(C)c1nnc(CN2C(C)COC(c3ccccc3)C2C)o1. The fourth-order valence-electron chi connectivity index (χ4n) is 3.09. The van der Waals surface area contributed by atoms with Crippen LogP contribution in [0.2, 0.25) is 0 Å². The molecule has 0 amide bonds. The Balaban J connectivity index is 1.76. The van der Waals surface area contributed by atoms with E-state index in [1.165, 1.54) is 5.56 Å². The highest BCUT2D eigenvalue weighted by atomic mass is 16.5. The Morgan fingerprint density at radius 2 is 1.91 bits per heavy atom. The van der Waals surface area contributed by atoms with Crippen LogP contribution in [0.1, 0.15) is 57.1 Å². The molecule has 0 N–H and O–H groups in total. The van der Waals surface area contributed by atoms with Crippen LogP contribution in [0.3, 0.4) is 0 Å². The van der Waals surface area contributed by atoms with Crippen LogP contribution in [-0.2, 0) is 11.3 Å². The Morgan fingerprint density at radius 1 is 1.17 bits per heavy atom. The van der Waals surface area contributed by atoms with E-state index in [9.17, 15) is 0 Å². The van der Waals surface area contributed by atoms with Crippen LogP contribution in [0, 0.1) is 0 Å². The van der Waals surface area contributed by atoms with Crippen molar-refractivity contribution < 1.29 is 9.15 Å². The average molecular weight is 315 g/mol. The summed E-state index contributed by atoms with van der Waals surface area (Å²) in [6.07, 6.45) is 0.0693. The first-order valence-corrected chi connectivity index (χ1v) is 8.31. The minimum Gasteiger partial charge on any atom is -0.424 e. The fraction of sp³-hybridized carbons (Fsp3) is 0.556. The second kappa shape index (κ2) is 6.81. The van der Waals surface area contributed by atoms with Gasteiger partial charge in [-0.3, -0.25) is 4.90 Å². The van der Waals surface area contributed by atoms with Gasteiger partial charge in [0.1, 0.15) is 0 Å². The van der Waals surface area contributed by atoms with Crippen LogP contribution in [0.25, 0.3) is 0 Å². The van der Waals surface area contributed by atoms with Crippen molar-refractivity contribution in [2.45, 2.75) is 58.3 Å². The first kappa shape index (κ1) is 16.1. The van der Waals surface area contributed by atoms with E-state index in [4.69, 9.17) is 9.15 Å². The quantitative estimate of drug-likeness (QED) is 0.863. The Hall–Kier alpha value is -1.72. The van der Waals surface area contributed by atoms with E-state index in [0.29, 0.717) is 31.0 Å². The van der Waals surface area contributed by atoms with E-state index in [1.807, 2.05) is 6.07 Å². The molecule has 124 valence electrons. The molecule has 2 aromatic rings. The van der Waals surface area contributed by atoms with Crippen LogP contribution < -0.4 is 0 Å². The van der Waals surface area contributed by atoms with Crippen molar-refractivity contribution in [3.63, 3.8) is 0 Å². The lowest BCUT2D eigenvalue weighted by atomic mass is 9.98. The van der Waals surface area contributed by atoms with Gasteiger partial charge >= 0.3 is 0 Å². The highest BCUT2D eigenvalue weighted by Gasteiger charge is 2.35. The van der Waals surface area contributed by atoms with Crippen LogP contribution in [-0.4, -0.2) is 33.8 Å². The molecule has 5 nitrogen and oxygen atoms in total. The van der Waals surface area contributed by atoms with Crippen molar-refractivity contribution in [1.82, 2.24) is 15.1 Å². The molecule has 0 spiro atoms. The standard InChI is InChI=1S/C18H25N3O2/c1-12(2)18-20-19-16(23-18)10-21-13(3)11-22-17(14(21)4)15-8-6-5-7-9-15/h5-9,12-14,17H,10-11H2,1-4H3. The average Bonchev–Trinajstić information content (AvgIpc) is 3.01. The van der Waals surface area contributed by atoms with E-state index in [-0.39, 0.29) is 18.1 Å². The summed E-state index contributed by atoms with van der Waals surface area (Å²) in [7, 11) is 0. The van der Waals surface area contributed by atoms with Crippen molar-refractivity contribution in [1.29, 1.82) is 0 Å².